The lowest BCUT2D eigenvalue weighted by Crippen LogP contribution is -2.09. The zero-order valence-corrected chi connectivity index (χ0v) is 12.4. The SMILES string of the molecule is Fc1ccccc1OCCSc1nnnn1C1CCCC1. The summed E-state index contributed by atoms with van der Waals surface area (Å²) in [4.78, 5) is 0. The highest BCUT2D eigenvalue weighted by molar-refractivity contribution is 7.99. The van der Waals surface area contributed by atoms with Crippen LogP contribution in [0.1, 0.15) is 31.7 Å². The van der Waals surface area contributed by atoms with E-state index in [0.29, 0.717) is 18.4 Å². The number of halogens is 1. The number of thioether (sulfide) groups is 1. The second kappa shape index (κ2) is 6.89. The Kier molecular flexibility index (Phi) is 4.69. The van der Waals surface area contributed by atoms with Gasteiger partial charge in [0.1, 0.15) is 0 Å². The van der Waals surface area contributed by atoms with Gasteiger partial charge in [-0.1, -0.05) is 36.7 Å². The summed E-state index contributed by atoms with van der Waals surface area (Å²) in [5.74, 6) is 0.633. The van der Waals surface area contributed by atoms with Gasteiger partial charge in [-0.15, -0.1) is 5.10 Å². The van der Waals surface area contributed by atoms with Crippen molar-refractivity contribution in [3.63, 3.8) is 0 Å². The van der Waals surface area contributed by atoms with Crippen molar-refractivity contribution in [1.82, 2.24) is 20.2 Å². The third-order valence-electron chi connectivity index (χ3n) is 3.54. The predicted molar refractivity (Wildman–Crippen MR) is 77.9 cm³/mol. The first-order valence-corrected chi connectivity index (χ1v) is 8.11. The molecule has 5 nitrogen and oxygen atoms in total. The summed E-state index contributed by atoms with van der Waals surface area (Å²) >= 11 is 1.55. The van der Waals surface area contributed by atoms with E-state index in [9.17, 15) is 4.39 Å². The maximum atomic E-state index is 13.4. The third kappa shape index (κ3) is 3.53. The van der Waals surface area contributed by atoms with Gasteiger partial charge in [0, 0.05) is 5.75 Å². The quantitative estimate of drug-likeness (QED) is 0.606. The molecule has 0 bridgehead atoms. The van der Waals surface area contributed by atoms with E-state index >= 15 is 0 Å². The minimum atomic E-state index is -0.335. The number of rotatable bonds is 6. The monoisotopic (exact) mass is 308 g/mol. The Labute approximate surface area is 126 Å². The molecule has 112 valence electrons. The Morgan fingerprint density at radius 2 is 2.10 bits per heavy atom. The molecule has 7 heteroatoms. The minimum absolute atomic E-state index is 0.286. The van der Waals surface area contributed by atoms with Crippen LogP contribution in [0.5, 0.6) is 5.75 Å². The van der Waals surface area contributed by atoms with Gasteiger partial charge < -0.3 is 4.74 Å². The molecule has 0 radical (unpaired) electrons. The number of hydrogen-bond donors (Lipinski definition) is 0. The van der Waals surface area contributed by atoms with Crippen molar-refractivity contribution in [2.75, 3.05) is 12.4 Å². The first kappa shape index (κ1) is 14.3. The molecular weight excluding hydrogens is 291 g/mol. The molecule has 1 saturated carbocycles. The number of nitrogens with zero attached hydrogens (tertiary/aromatic N) is 4. The van der Waals surface area contributed by atoms with Gasteiger partial charge in [0.05, 0.1) is 12.6 Å². The highest BCUT2D eigenvalue weighted by atomic mass is 32.2. The van der Waals surface area contributed by atoms with Gasteiger partial charge in [0.2, 0.25) is 5.16 Å². The second-order valence-electron chi connectivity index (χ2n) is 4.97. The van der Waals surface area contributed by atoms with Crippen LogP contribution in [0.4, 0.5) is 4.39 Å². The summed E-state index contributed by atoms with van der Waals surface area (Å²) < 4.78 is 20.7. The number of tetrazole rings is 1. The van der Waals surface area contributed by atoms with Gasteiger partial charge in [-0.3, -0.25) is 0 Å². The fraction of sp³-hybridized carbons (Fsp3) is 0.500. The first-order valence-electron chi connectivity index (χ1n) is 7.12. The smallest absolute Gasteiger partial charge is 0.209 e. The Morgan fingerprint density at radius 1 is 1.29 bits per heavy atom. The lowest BCUT2D eigenvalue weighted by molar-refractivity contribution is 0.324. The van der Waals surface area contributed by atoms with E-state index in [2.05, 4.69) is 15.5 Å². The maximum Gasteiger partial charge on any atom is 0.209 e. The van der Waals surface area contributed by atoms with Crippen molar-refractivity contribution in [2.45, 2.75) is 36.9 Å². The molecule has 1 aliphatic carbocycles. The van der Waals surface area contributed by atoms with Crippen LogP contribution < -0.4 is 4.74 Å². The number of ether oxygens (including phenoxy) is 1. The van der Waals surface area contributed by atoms with E-state index < -0.39 is 0 Å². The van der Waals surface area contributed by atoms with Gasteiger partial charge in [0.25, 0.3) is 0 Å². The van der Waals surface area contributed by atoms with Crippen LogP contribution in [0.2, 0.25) is 0 Å². The molecule has 1 aromatic heterocycles. The number of para-hydroxylation sites is 1. The van der Waals surface area contributed by atoms with E-state index in [4.69, 9.17) is 4.74 Å². The fourth-order valence-electron chi connectivity index (χ4n) is 2.50. The molecule has 0 saturated heterocycles. The molecule has 1 fully saturated rings. The zero-order chi connectivity index (χ0) is 14.5. The second-order valence-corrected chi connectivity index (χ2v) is 6.03. The van der Waals surface area contributed by atoms with Gasteiger partial charge in [-0.05, 0) is 35.4 Å². The molecule has 0 spiro atoms. The molecule has 0 aliphatic heterocycles. The van der Waals surface area contributed by atoms with Crippen LogP contribution in [0, 0.1) is 5.82 Å². The topological polar surface area (TPSA) is 52.8 Å². The van der Waals surface area contributed by atoms with Crippen LogP contribution in [0.3, 0.4) is 0 Å². The molecule has 0 atom stereocenters. The van der Waals surface area contributed by atoms with Crippen molar-refractivity contribution < 1.29 is 9.13 Å². The van der Waals surface area contributed by atoms with E-state index in [1.54, 1.807) is 30.0 Å². The molecule has 1 aliphatic rings. The van der Waals surface area contributed by atoms with Gasteiger partial charge >= 0.3 is 0 Å². The van der Waals surface area contributed by atoms with Crippen molar-refractivity contribution in [1.29, 1.82) is 0 Å². The van der Waals surface area contributed by atoms with Crippen LogP contribution >= 0.6 is 11.8 Å². The normalized spacial score (nSPS) is 15.5. The minimum Gasteiger partial charge on any atom is -0.490 e. The Bertz CT molecular complexity index is 586. The fourth-order valence-corrected chi connectivity index (χ4v) is 3.27. The summed E-state index contributed by atoms with van der Waals surface area (Å²) in [7, 11) is 0. The summed E-state index contributed by atoms with van der Waals surface area (Å²) in [6, 6.07) is 6.85. The Hall–Kier alpha value is -1.63. The van der Waals surface area contributed by atoms with Crippen molar-refractivity contribution in [3.8, 4) is 5.75 Å². The maximum absolute atomic E-state index is 13.4. The van der Waals surface area contributed by atoms with E-state index in [0.717, 1.165) is 18.0 Å². The van der Waals surface area contributed by atoms with Crippen LogP contribution in [-0.2, 0) is 0 Å². The predicted octanol–water partition coefficient (Wildman–Crippen LogP) is 3.10. The highest BCUT2D eigenvalue weighted by Crippen LogP contribution is 2.31. The zero-order valence-electron chi connectivity index (χ0n) is 11.6. The van der Waals surface area contributed by atoms with E-state index in [-0.39, 0.29) is 11.6 Å². The van der Waals surface area contributed by atoms with E-state index in [1.807, 2.05) is 4.68 Å². The largest absolute Gasteiger partial charge is 0.490 e. The standard InChI is InChI=1S/C14H17FN4OS/c15-12-7-3-4-8-13(12)20-9-10-21-14-16-17-18-19(14)11-5-1-2-6-11/h3-4,7-8,11H,1-2,5-6,9-10H2. The Morgan fingerprint density at radius 3 is 2.90 bits per heavy atom. The summed E-state index contributed by atoms with van der Waals surface area (Å²) in [6.45, 7) is 0.420. The van der Waals surface area contributed by atoms with Gasteiger partial charge in [-0.2, -0.15) is 0 Å². The first-order chi connectivity index (χ1) is 10.3. The summed E-state index contributed by atoms with van der Waals surface area (Å²) in [5.41, 5.74) is 0. The average molecular weight is 308 g/mol. The van der Waals surface area contributed by atoms with Gasteiger partial charge in [-0.25, -0.2) is 9.07 Å². The van der Waals surface area contributed by atoms with Crippen molar-refractivity contribution in [2.24, 2.45) is 0 Å². The molecule has 1 heterocycles. The summed E-state index contributed by atoms with van der Waals surface area (Å²) in [5, 5.41) is 12.7. The molecule has 0 unspecified atom stereocenters. The van der Waals surface area contributed by atoms with Crippen molar-refractivity contribution >= 4 is 11.8 Å². The molecule has 3 rings (SSSR count). The molecule has 0 N–H and O–H groups in total. The number of aromatic nitrogens is 4. The molecule has 2 aromatic rings. The van der Waals surface area contributed by atoms with Crippen molar-refractivity contribution in [3.05, 3.63) is 30.1 Å². The number of hydrogen-bond acceptors (Lipinski definition) is 5. The van der Waals surface area contributed by atoms with Crippen LogP contribution in [0.15, 0.2) is 29.4 Å². The van der Waals surface area contributed by atoms with Gasteiger partial charge in [0.15, 0.2) is 11.6 Å². The lowest BCUT2D eigenvalue weighted by Gasteiger charge is -2.11. The Balaban J connectivity index is 1.50. The lowest BCUT2D eigenvalue weighted by atomic mass is 10.3. The molecule has 1 aromatic carbocycles. The molecular formula is C14H17FN4OS. The van der Waals surface area contributed by atoms with E-state index in [1.165, 1.54) is 18.9 Å². The third-order valence-corrected chi connectivity index (χ3v) is 4.44. The molecule has 21 heavy (non-hydrogen) atoms. The van der Waals surface area contributed by atoms with Crippen LogP contribution in [0.25, 0.3) is 0 Å². The molecule has 0 amide bonds. The average Bonchev–Trinajstić information content (AvgIpc) is 3.16. The van der Waals surface area contributed by atoms with Crippen LogP contribution in [-0.4, -0.2) is 32.6 Å². The number of benzene rings is 1. The highest BCUT2D eigenvalue weighted by Gasteiger charge is 2.21. The summed E-state index contributed by atoms with van der Waals surface area (Å²) in [6.07, 6.45) is 4.77.